The Kier molecular flexibility index (Phi) is 5.99. The van der Waals surface area contributed by atoms with Gasteiger partial charge in [-0.15, -0.1) is 11.3 Å². The third kappa shape index (κ3) is 4.68. The van der Waals surface area contributed by atoms with Gasteiger partial charge in [0.2, 0.25) is 0 Å². The van der Waals surface area contributed by atoms with Crippen molar-refractivity contribution in [3.05, 3.63) is 71.4 Å². The molecule has 1 aliphatic heterocycles. The molecular weight excluding hydrogens is 476 g/mol. The molecular formula is C26H24N6OS2. The summed E-state index contributed by atoms with van der Waals surface area (Å²) in [6.07, 6.45) is 1.96. The Balaban J connectivity index is 1.25. The lowest BCUT2D eigenvalue weighted by Gasteiger charge is -2.32. The second kappa shape index (κ2) is 9.43. The predicted molar refractivity (Wildman–Crippen MR) is 143 cm³/mol. The van der Waals surface area contributed by atoms with Crippen molar-refractivity contribution >= 4 is 54.8 Å². The van der Waals surface area contributed by atoms with E-state index in [1.807, 2.05) is 48.7 Å². The maximum atomic E-state index is 13.0. The van der Waals surface area contributed by atoms with Gasteiger partial charge in [0.1, 0.15) is 15.4 Å². The van der Waals surface area contributed by atoms with Crippen LogP contribution in [0.3, 0.4) is 0 Å². The van der Waals surface area contributed by atoms with Gasteiger partial charge in [-0.3, -0.25) is 9.69 Å². The van der Waals surface area contributed by atoms with Crippen LogP contribution >= 0.6 is 22.7 Å². The van der Waals surface area contributed by atoms with Crippen molar-refractivity contribution in [3.8, 4) is 10.6 Å². The van der Waals surface area contributed by atoms with E-state index in [-0.39, 0.29) is 5.91 Å². The smallest absolute Gasteiger partial charge is 0.255 e. The number of nitrogens with zero attached hydrogens (tertiary/aromatic N) is 5. The Morgan fingerprint density at radius 2 is 1.89 bits per heavy atom. The number of pyridine rings is 1. The molecule has 2 aromatic carbocycles. The van der Waals surface area contributed by atoms with Crippen molar-refractivity contribution in [1.82, 2.24) is 24.8 Å². The number of thiazole rings is 2. The van der Waals surface area contributed by atoms with Crippen molar-refractivity contribution in [2.45, 2.75) is 6.54 Å². The molecule has 4 heterocycles. The van der Waals surface area contributed by atoms with Crippen LogP contribution in [0.1, 0.15) is 15.9 Å². The number of anilines is 1. The third-order valence-corrected chi connectivity index (χ3v) is 8.11. The minimum Gasteiger partial charge on any atom is -0.321 e. The van der Waals surface area contributed by atoms with Crippen LogP contribution in [-0.2, 0) is 6.54 Å². The van der Waals surface area contributed by atoms with Crippen LogP contribution in [0, 0.1) is 0 Å². The van der Waals surface area contributed by atoms with Crippen LogP contribution in [-0.4, -0.2) is 63.9 Å². The molecule has 5 aromatic rings. The van der Waals surface area contributed by atoms with Gasteiger partial charge >= 0.3 is 0 Å². The number of rotatable bonds is 5. The number of carbonyl (C=O) groups is 1. The molecule has 0 radical (unpaired) electrons. The molecule has 35 heavy (non-hydrogen) atoms. The average Bonchev–Trinajstić information content (AvgIpc) is 3.52. The number of nitrogens with one attached hydrogen (secondary N) is 1. The highest BCUT2D eigenvalue weighted by atomic mass is 32.1. The molecule has 1 N–H and O–H groups in total. The molecule has 0 atom stereocenters. The van der Waals surface area contributed by atoms with Gasteiger partial charge in [0.25, 0.3) is 5.91 Å². The summed E-state index contributed by atoms with van der Waals surface area (Å²) in [7, 11) is 2.17. The number of para-hydroxylation sites is 1. The number of carbonyl (C=O) groups excluding carboxylic acids is 1. The van der Waals surface area contributed by atoms with E-state index in [2.05, 4.69) is 33.2 Å². The van der Waals surface area contributed by atoms with Crippen LogP contribution in [0.4, 0.5) is 5.69 Å². The summed E-state index contributed by atoms with van der Waals surface area (Å²) >= 11 is 3.07. The van der Waals surface area contributed by atoms with Crippen LogP contribution in [0.5, 0.6) is 0 Å². The third-order valence-electron chi connectivity index (χ3n) is 6.31. The zero-order valence-electron chi connectivity index (χ0n) is 19.3. The summed E-state index contributed by atoms with van der Waals surface area (Å²) < 4.78 is 0.996. The highest BCUT2D eigenvalue weighted by Crippen LogP contribution is 2.34. The molecule has 0 unspecified atom stereocenters. The molecule has 1 amide bonds. The van der Waals surface area contributed by atoms with E-state index < -0.39 is 0 Å². The molecule has 3 aromatic heterocycles. The fraction of sp³-hybridized carbons (Fsp3) is 0.231. The quantitative estimate of drug-likeness (QED) is 0.367. The summed E-state index contributed by atoms with van der Waals surface area (Å²) in [6, 6.07) is 15.5. The first-order valence-corrected chi connectivity index (χ1v) is 13.2. The molecule has 0 spiro atoms. The van der Waals surface area contributed by atoms with E-state index in [1.54, 1.807) is 16.8 Å². The first-order valence-electron chi connectivity index (χ1n) is 11.5. The predicted octanol–water partition coefficient (Wildman–Crippen LogP) is 4.97. The first kappa shape index (κ1) is 22.2. The highest BCUT2D eigenvalue weighted by Gasteiger charge is 2.17. The molecule has 1 aliphatic rings. The minimum absolute atomic E-state index is 0.151. The van der Waals surface area contributed by atoms with Gasteiger partial charge in [0, 0.05) is 50.0 Å². The Morgan fingerprint density at radius 3 is 2.77 bits per heavy atom. The van der Waals surface area contributed by atoms with Crippen molar-refractivity contribution in [2.75, 3.05) is 38.5 Å². The molecule has 6 rings (SSSR count). The van der Waals surface area contributed by atoms with Gasteiger partial charge in [-0.1, -0.05) is 23.5 Å². The van der Waals surface area contributed by atoms with E-state index >= 15 is 0 Å². The number of fused-ring (bicyclic) bond motifs is 2. The van der Waals surface area contributed by atoms with Gasteiger partial charge < -0.3 is 10.2 Å². The maximum absolute atomic E-state index is 13.0. The zero-order valence-corrected chi connectivity index (χ0v) is 20.9. The largest absolute Gasteiger partial charge is 0.321 e. The van der Waals surface area contributed by atoms with E-state index in [0.29, 0.717) is 5.56 Å². The second-order valence-electron chi connectivity index (χ2n) is 8.80. The topological polar surface area (TPSA) is 74.2 Å². The van der Waals surface area contributed by atoms with Gasteiger partial charge in [0.05, 0.1) is 21.4 Å². The maximum Gasteiger partial charge on any atom is 0.255 e. The molecule has 0 aliphatic carbocycles. The number of amides is 1. The molecule has 9 heteroatoms. The molecule has 176 valence electrons. The van der Waals surface area contributed by atoms with E-state index in [9.17, 15) is 4.79 Å². The summed E-state index contributed by atoms with van der Waals surface area (Å²) in [5.41, 5.74) is 7.01. The Hall–Kier alpha value is -3.24. The minimum atomic E-state index is -0.151. The number of benzene rings is 2. The zero-order chi connectivity index (χ0) is 23.8. The number of likely N-dealkylation sites (N-methyl/N-ethyl adjacent to an activating group) is 1. The fourth-order valence-electron chi connectivity index (χ4n) is 4.30. The highest BCUT2D eigenvalue weighted by molar-refractivity contribution is 7.21. The summed E-state index contributed by atoms with van der Waals surface area (Å²) in [5, 5.41) is 3.92. The number of piperazine rings is 1. The summed E-state index contributed by atoms with van der Waals surface area (Å²) in [6.45, 7) is 5.22. The lowest BCUT2D eigenvalue weighted by atomic mass is 10.1. The number of aromatic nitrogens is 3. The van der Waals surface area contributed by atoms with Crippen LogP contribution < -0.4 is 5.32 Å². The lowest BCUT2D eigenvalue weighted by Crippen LogP contribution is -2.43. The fourth-order valence-corrected chi connectivity index (χ4v) is 5.95. The summed E-state index contributed by atoms with van der Waals surface area (Å²) in [5.74, 6) is -0.151. The van der Waals surface area contributed by atoms with Crippen LogP contribution in [0.15, 0.2) is 60.2 Å². The van der Waals surface area contributed by atoms with Crippen LogP contribution in [0.25, 0.3) is 31.1 Å². The van der Waals surface area contributed by atoms with Crippen molar-refractivity contribution < 1.29 is 4.79 Å². The normalized spacial score (nSPS) is 15.1. The molecule has 0 saturated carbocycles. The van der Waals surface area contributed by atoms with Crippen LogP contribution in [0.2, 0.25) is 0 Å². The van der Waals surface area contributed by atoms with E-state index in [4.69, 9.17) is 9.97 Å². The molecule has 1 fully saturated rings. The molecule has 1 saturated heterocycles. The Morgan fingerprint density at radius 1 is 1.03 bits per heavy atom. The van der Waals surface area contributed by atoms with Crippen molar-refractivity contribution in [3.63, 3.8) is 0 Å². The Bertz CT molecular complexity index is 1520. The number of hydrogen-bond acceptors (Lipinski definition) is 8. The SMILES string of the molecule is CN1CCN(Cc2cnc3sc(-c4ccccc4NC(=O)c4ccc5ncsc5c4)nc3c2)CC1. The van der Waals surface area contributed by atoms with Crippen molar-refractivity contribution in [1.29, 1.82) is 0 Å². The van der Waals surface area contributed by atoms with E-state index in [1.165, 1.54) is 16.9 Å². The van der Waals surface area contributed by atoms with Gasteiger partial charge in [0.15, 0.2) is 0 Å². The van der Waals surface area contributed by atoms with Crippen molar-refractivity contribution in [2.24, 2.45) is 0 Å². The average molecular weight is 501 g/mol. The molecule has 7 nitrogen and oxygen atoms in total. The summed E-state index contributed by atoms with van der Waals surface area (Å²) in [4.78, 5) is 32.6. The van der Waals surface area contributed by atoms with Gasteiger partial charge in [-0.25, -0.2) is 15.0 Å². The first-order chi connectivity index (χ1) is 17.1. The monoisotopic (exact) mass is 500 g/mol. The van der Waals surface area contributed by atoms with Gasteiger partial charge in [-0.05, 0) is 49.0 Å². The Labute approximate surface area is 211 Å². The van der Waals surface area contributed by atoms with E-state index in [0.717, 1.165) is 69.5 Å². The number of hydrogen-bond donors (Lipinski definition) is 1. The van der Waals surface area contributed by atoms with Gasteiger partial charge in [-0.2, -0.15) is 0 Å². The second-order valence-corrected chi connectivity index (χ2v) is 10.7. The lowest BCUT2D eigenvalue weighted by molar-refractivity contribution is 0.102. The standard InChI is InChI=1S/C26H24N6OS2/c1-31-8-10-32(11-9-31)15-17-12-22-26(27-14-17)35-25(30-22)19-4-2-3-5-20(19)29-24(33)18-6-7-21-23(13-18)34-16-28-21/h2-7,12-14,16H,8-11,15H2,1H3,(H,29,33). The molecule has 0 bridgehead atoms.